The predicted molar refractivity (Wildman–Crippen MR) is 133 cm³/mol. The van der Waals surface area contributed by atoms with Gasteiger partial charge in [0.25, 0.3) is 0 Å². The van der Waals surface area contributed by atoms with Gasteiger partial charge in [0.05, 0.1) is 29.8 Å². The van der Waals surface area contributed by atoms with Gasteiger partial charge in [0, 0.05) is 36.0 Å². The summed E-state index contributed by atoms with van der Waals surface area (Å²) in [6.45, 7) is -0.501. The molecule has 0 bridgehead atoms. The Bertz CT molecular complexity index is 1690. The zero-order valence-electron chi connectivity index (χ0n) is 20.6. The largest absolute Gasteiger partial charge is 0.418 e. The Hall–Kier alpha value is -4.45. The van der Waals surface area contributed by atoms with Crippen LogP contribution in [0.4, 0.5) is 17.6 Å². The quantitative estimate of drug-likeness (QED) is 0.296. The lowest BCUT2D eigenvalue weighted by atomic mass is 9.98. The van der Waals surface area contributed by atoms with Gasteiger partial charge in [-0.25, -0.2) is 19.0 Å². The van der Waals surface area contributed by atoms with E-state index in [1.54, 1.807) is 23.7 Å². The predicted octanol–water partition coefficient (Wildman–Crippen LogP) is 5.32. The van der Waals surface area contributed by atoms with Gasteiger partial charge in [-0.1, -0.05) is 6.07 Å². The van der Waals surface area contributed by atoms with E-state index in [0.717, 1.165) is 36.2 Å². The zero-order chi connectivity index (χ0) is 27.3. The summed E-state index contributed by atoms with van der Waals surface area (Å²) in [7, 11) is 1.76. The number of benzene rings is 1. The molecule has 0 atom stereocenters. The van der Waals surface area contributed by atoms with Gasteiger partial charge in [-0.15, -0.1) is 10.2 Å². The first-order valence-electron chi connectivity index (χ1n) is 12.1. The van der Waals surface area contributed by atoms with Gasteiger partial charge in [0.2, 0.25) is 0 Å². The fourth-order valence-corrected chi connectivity index (χ4v) is 4.49. The topological polar surface area (TPSA) is 94.5 Å². The summed E-state index contributed by atoms with van der Waals surface area (Å²) < 4.78 is 58.5. The van der Waals surface area contributed by atoms with Gasteiger partial charge in [-0.3, -0.25) is 0 Å². The number of aromatic nitrogens is 7. The fourth-order valence-electron chi connectivity index (χ4n) is 4.49. The molecule has 5 aromatic rings. The second-order valence-electron chi connectivity index (χ2n) is 9.40. The second kappa shape index (κ2) is 9.38. The lowest BCUT2D eigenvalue weighted by molar-refractivity contribution is -0.137. The summed E-state index contributed by atoms with van der Waals surface area (Å²) in [6.07, 6.45) is 1.52. The maximum atomic E-state index is 14.3. The number of aliphatic hydroxyl groups is 1. The normalized spacial score (nSPS) is 13.7. The van der Waals surface area contributed by atoms with Crippen molar-refractivity contribution >= 4 is 0 Å². The van der Waals surface area contributed by atoms with E-state index in [4.69, 9.17) is 4.98 Å². The van der Waals surface area contributed by atoms with Crippen LogP contribution in [-0.2, 0) is 19.8 Å². The minimum absolute atomic E-state index is 0.106. The molecule has 8 nitrogen and oxygen atoms in total. The molecule has 39 heavy (non-hydrogen) atoms. The van der Waals surface area contributed by atoms with E-state index >= 15 is 0 Å². The van der Waals surface area contributed by atoms with E-state index in [-0.39, 0.29) is 22.9 Å². The van der Waals surface area contributed by atoms with Gasteiger partial charge in [-0.05, 0) is 60.4 Å². The third kappa shape index (κ3) is 4.78. The van der Waals surface area contributed by atoms with Crippen LogP contribution in [0.5, 0.6) is 0 Å². The number of aliphatic hydroxyl groups excluding tert-OH is 1. The first kappa shape index (κ1) is 24.9. The highest BCUT2D eigenvalue weighted by Crippen LogP contribution is 2.42. The minimum atomic E-state index is -4.64. The molecule has 1 aromatic carbocycles. The monoisotopic (exact) mass is 535 g/mol. The lowest BCUT2D eigenvalue weighted by Gasteiger charge is -2.13. The molecule has 12 heteroatoms. The van der Waals surface area contributed by atoms with Crippen LogP contribution >= 0.6 is 0 Å². The van der Waals surface area contributed by atoms with E-state index < -0.39 is 24.2 Å². The molecule has 1 fully saturated rings. The van der Waals surface area contributed by atoms with Crippen molar-refractivity contribution < 1.29 is 22.7 Å². The molecule has 1 aliphatic rings. The molecule has 198 valence electrons. The highest BCUT2D eigenvalue weighted by atomic mass is 19.4. The molecular weight excluding hydrogens is 514 g/mol. The van der Waals surface area contributed by atoms with Gasteiger partial charge >= 0.3 is 6.18 Å². The highest BCUT2D eigenvalue weighted by molar-refractivity contribution is 5.81. The Morgan fingerprint density at radius 2 is 1.82 bits per heavy atom. The Balaban J connectivity index is 1.48. The fraction of sp³-hybridized carbons (Fsp3) is 0.222. The van der Waals surface area contributed by atoms with Crippen LogP contribution in [-0.4, -0.2) is 39.6 Å². The van der Waals surface area contributed by atoms with Crippen molar-refractivity contribution in [3.8, 4) is 39.6 Å². The Morgan fingerprint density at radius 1 is 1.00 bits per heavy atom. The molecule has 0 aliphatic heterocycles. The van der Waals surface area contributed by atoms with Crippen molar-refractivity contribution in [1.82, 2.24) is 34.5 Å². The summed E-state index contributed by atoms with van der Waals surface area (Å²) >= 11 is 0. The van der Waals surface area contributed by atoms with Crippen LogP contribution in [0.2, 0.25) is 0 Å². The molecule has 1 aliphatic carbocycles. The lowest BCUT2D eigenvalue weighted by Crippen LogP contribution is -2.09. The Morgan fingerprint density at radius 3 is 2.51 bits per heavy atom. The summed E-state index contributed by atoms with van der Waals surface area (Å²) in [5.74, 6) is 0.688. The van der Waals surface area contributed by atoms with Gasteiger partial charge in [0.15, 0.2) is 11.6 Å². The highest BCUT2D eigenvalue weighted by Gasteiger charge is 2.35. The molecule has 4 heterocycles. The average molecular weight is 536 g/mol. The van der Waals surface area contributed by atoms with Crippen LogP contribution < -0.4 is 0 Å². The molecule has 4 aromatic heterocycles. The Labute approximate surface area is 219 Å². The first-order valence-corrected chi connectivity index (χ1v) is 12.1. The number of hydrogen-bond donors (Lipinski definition) is 1. The SMILES string of the molecule is Cn1cnnc1-c1cc(F)ccc1-c1cc(C2CC2)nc(-n2cc(-c3nc(CO)ccc3C(F)(F)F)cn2)c1. The van der Waals surface area contributed by atoms with Crippen molar-refractivity contribution in [3.05, 3.63) is 84.0 Å². The van der Waals surface area contributed by atoms with E-state index in [0.29, 0.717) is 22.8 Å². The van der Waals surface area contributed by atoms with E-state index in [2.05, 4.69) is 20.3 Å². The third-order valence-corrected chi connectivity index (χ3v) is 6.58. The summed E-state index contributed by atoms with van der Waals surface area (Å²) in [5.41, 5.74) is 1.74. The average Bonchev–Trinajstić information content (AvgIpc) is 3.50. The van der Waals surface area contributed by atoms with Crippen molar-refractivity contribution in [1.29, 1.82) is 0 Å². The van der Waals surface area contributed by atoms with Crippen LogP contribution in [0.25, 0.3) is 39.6 Å². The number of rotatable bonds is 6. The third-order valence-electron chi connectivity index (χ3n) is 6.58. The molecule has 6 rings (SSSR count). The van der Waals surface area contributed by atoms with E-state index in [1.165, 1.54) is 35.5 Å². The molecule has 0 saturated heterocycles. The molecular formula is C27H21F4N7O. The molecule has 0 amide bonds. The van der Waals surface area contributed by atoms with Gasteiger partial charge in [-0.2, -0.15) is 18.3 Å². The number of nitrogens with zero attached hydrogens (tertiary/aromatic N) is 7. The number of halogens is 4. The molecule has 1 N–H and O–H groups in total. The Kier molecular flexibility index (Phi) is 5.98. The molecule has 0 radical (unpaired) electrons. The second-order valence-corrected chi connectivity index (χ2v) is 9.40. The van der Waals surface area contributed by atoms with Crippen molar-refractivity contribution in [2.75, 3.05) is 0 Å². The smallest absolute Gasteiger partial charge is 0.390 e. The summed E-state index contributed by atoms with van der Waals surface area (Å²) in [5, 5.41) is 21.8. The van der Waals surface area contributed by atoms with Crippen LogP contribution in [0.3, 0.4) is 0 Å². The van der Waals surface area contributed by atoms with Crippen LogP contribution in [0.1, 0.15) is 35.7 Å². The van der Waals surface area contributed by atoms with Crippen LogP contribution in [0.15, 0.2) is 61.2 Å². The first-order chi connectivity index (χ1) is 18.7. The van der Waals surface area contributed by atoms with Crippen molar-refractivity contribution in [2.45, 2.75) is 31.5 Å². The van der Waals surface area contributed by atoms with E-state index in [1.807, 2.05) is 6.07 Å². The van der Waals surface area contributed by atoms with Crippen molar-refractivity contribution in [2.24, 2.45) is 7.05 Å². The summed E-state index contributed by atoms with van der Waals surface area (Å²) in [6, 6.07) is 10.1. The standard InChI is InChI=1S/C27H21F4N7O/c1-37-14-32-36-26(37)21-10-18(28)4-6-20(21)16-8-23(15-2-3-15)35-24(9-16)38-12-17(11-33-38)25-22(27(29,30)31)7-5-19(13-39)34-25/h4-12,14-15,39H,2-3,13H2,1H3. The maximum absolute atomic E-state index is 14.3. The molecule has 1 saturated carbocycles. The van der Waals surface area contributed by atoms with Gasteiger partial charge in [0.1, 0.15) is 12.1 Å². The number of hydrogen-bond acceptors (Lipinski definition) is 6. The zero-order valence-corrected chi connectivity index (χ0v) is 20.6. The minimum Gasteiger partial charge on any atom is -0.390 e. The maximum Gasteiger partial charge on any atom is 0.418 e. The molecule has 0 spiro atoms. The number of pyridine rings is 2. The van der Waals surface area contributed by atoms with E-state index in [9.17, 15) is 22.7 Å². The number of alkyl halides is 3. The van der Waals surface area contributed by atoms with Gasteiger partial charge < -0.3 is 9.67 Å². The van der Waals surface area contributed by atoms with Crippen molar-refractivity contribution in [3.63, 3.8) is 0 Å². The number of aryl methyl sites for hydroxylation is 1. The van der Waals surface area contributed by atoms with Crippen LogP contribution in [0, 0.1) is 5.82 Å². The molecule has 0 unspecified atom stereocenters. The summed E-state index contributed by atoms with van der Waals surface area (Å²) in [4.78, 5) is 8.76.